The van der Waals surface area contributed by atoms with Gasteiger partial charge in [0.2, 0.25) is 0 Å². The van der Waals surface area contributed by atoms with Crippen LogP contribution >= 0.6 is 0 Å². The highest BCUT2D eigenvalue weighted by atomic mass is 16.5. The van der Waals surface area contributed by atoms with Gasteiger partial charge in [-0.1, -0.05) is 27.7 Å². The van der Waals surface area contributed by atoms with E-state index in [0.717, 1.165) is 6.42 Å². The lowest BCUT2D eigenvalue weighted by Crippen LogP contribution is -2.44. The maximum Gasteiger partial charge on any atom is 0.407 e. The monoisotopic (exact) mass is 213 g/mol. The standard InChI is InChI=1S/C12H23NO2/c1-8(2)9-6-7-10(12(9,3)4)13-11(14)15-5/h8-10H,6-7H2,1-5H3,(H,13,14). The number of methoxy groups -OCH3 is 1. The second-order valence-electron chi connectivity index (χ2n) is 5.44. The van der Waals surface area contributed by atoms with Gasteiger partial charge in [0.05, 0.1) is 7.11 Å². The molecule has 0 saturated heterocycles. The molecule has 15 heavy (non-hydrogen) atoms. The fourth-order valence-corrected chi connectivity index (χ4v) is 3.00. The Balaban J connectivity index is 2.66. The van der Waals surface area contributed by atoms with E-state index in [4.69, 9.17) is 0 Å². The first kappa shape index (κ1) is 12.3. The molecule has 0 spiro atoms. The van der Waals surface area contributed by atoms with E-state index in [1.165, 1.54) is 13.5 Å². The lowest BCUT2D eigenvalue weighted by molar-refractivity contribution is 0.135. The third kappa shape index (κ3) is 2.44. The van der Waals surface area contributed by atoms with Crippen LogP contribution < -0.4 is 5.32 Å². The van der Waals surface area contributed by atoms with Crippen LogP contribution in [0, 0.1) is 17.3 Å². The molecule has 0 bridgehead atoms. The second-order valence-corrected chi connectivity index (χ2v) is 5.44. The third-order valence-corrected chi connectivity index (χ3v) is 3.90. The van der Waals surface area contributed by atoms with Crippen LogP contribution in [0.1, 0.15) is 40.5 Å². The topological polar surface area (TPSA) is 38.3 Å². The number of rotatable bonds is 2. The van der Waals surface area contributed by atoms with E-state index in [2.05, 4.69) is 37.7 Å². The van der Waals surface area contributed by atoms with Crippen molar-refractivity contribution >= 4 is 6.09 Å². The van der Waals surface area contributed by atoms with Gasteiger partial charge < -0.3 is 10.1 Å². The lowest BCUT2D eigenvalue weighted by Gasteiger charge is -2.35. The highest BCUT2D eigenvalue weighted by molar-refractivity contribution is 5.67. The summed E-state index contributed by atoms with van der Waals surface area (Å²) in [6.45, 7) is 9.00. The molecule has 1 saturated carbocycles. The molecule has 2 atom stereocenters. The SMILES string of the molecule is COC(=O)NC1CCC(C(C)C)C1(C)C. The Hall–Kier alpha value is -0.730. The zero-order valence-corrected chi connectivity index (χ0v) is 10.5. The summed E-state index contributed by atoms with van der Waals surface area (Å²) in [5, 5.41) is 2.94. The van der Waals surface area contributed by atoms with Crippen molar-refractivity contribution < 1.29 is 9.53 Å². The van der Waals surface area contributed by atoms with Crippen LogP contribution in [0.3, 0.4) is 0 Å². The first-order chi connectivity index (χ1) is 6.89. The van der Waals surface area contributed by atoms with Crippen LogP contribution in [0.4, 0.5) is 4.79 Å². The number of hydrogen-bond donors (Lipinski definition) is 1. The molecule has 3 nitrogen and oxygen atoms in total. The molecule has 1 fully saturated rings. The number of carbonyl (C=O) groups excluding carboxylic acids is 1. The summed E-state index contributed by atoms with van der Waals surface area (Å²) in [6.07, 6.45) is 1.95. The van der Waals surface area contributed by atoms with Gasteiger partial charge in [-0.15, -0.1) is 0 Å². The zero-order valence-electron chi connectivity index (χ0n) is 10.5. The lowest BCUT2D eigenvalue weighted by atomic mass is 9.74. The van der Waals surface area contributed by atoms with Crippen LogP contribution in [0.2, 0.25) is 0 Å². The molecular weight excluding hydrogens is 190 g/mol. The smallest absolute Gasteiger partial charge is 0.407 e. The maximum atomic E-state index is 11.2. The number of alkyl carbamates (subject to hydrolysis) is 1. The minimum absolute atomic E-state index is 0.169. The number of hydrogen-bond acceptors (Lipinski definition) is 2. The van der Waals surface area contributed by atoms with Crippen LogP contribution in [-0.2, 0) is 4.74 Å². The van der Waals surface area contributed by atoms with E-state index < -0.39 is 0 Å². The number of amides is 1. The van der Waals surface area contributed by atoms with Gasteiger partial charge in [-0.3, -0.25) is 0 Å². The predicted octanol–water partition coefficient (Wildman–Crippen LogP) is 2.80. The molecule has 88 valence electrons. The minimum atomic E-state index is -0.308. The van der Waals surface area contributed by atoms with Crippen LogP contribution in [0.25, 0.3) is 0 Å². The Morgan fingerprint density at radius 1 is 1.40 bits per heavy atom. The van der Waals surface area contributed by atoms with Crippen molar-refractivity contribution in [2.45, 2.75) is 46.6 Å². The van der Waals surface area contributed by atoms with Gasteiger partial charge in [0.15, 0.2) is 0 Å². The molecule has 0 aromatic carbocycles. The van der Waals surface area contributed by atoms with Gasteiger partial charge in [0, 0.05) is 6.04 Å². The number of carbonyl (C=O) groups is 1. The van der Waals surface area contributed by atoms with Crippen molar-refractivity contribution in [3.63, 3.8) is 0 Å². The van der Waals surface area contributed by atoms with Gasteiger partial charge in [0.25, 0.3) is 0 Å². The summed E-state index contributed by atoms with van der Waals surface area (Å²) < 4.78 is 4.65. The Bertz CT molecular complexity index is 236. The predicted molar refractivity (Wildman–Crippen MR) is 60.7 cm³/mol. The molecule has 1 amide bonds. The van der Waals surface area contributed by atoms with Crippen LogP contribution in [-0.4, -0.2) is 19.2 Å². The molecule has 2 unspecified atom stereocenters. The first-order valence-electron chi connectivity index (χ1n) is 5.74. The molecule has 1 rings (SSSR count). The maximum absolute atomic E-state index is 11.2. The molecule has 0 aliphatic heterocycles. The highest BCUT2D eigenvalue weighted by Crippen LogP contribution is 2.46. The third-order valence-electron chi connectivity index (χ3n) is 3.90. The van der Waals surface area contributed by atoms with E-state index in [0.29, 0.717) is 11.8 Å². The highest BCUT2D eigenvalue weighted by Gasteiger charge is 2.44. The van der Waals surface area contributed by atoms with Crippen molar-refractivity contribution in [3.05, 3.63) is 0 Å². The van der Waals surface area contributed by atoms with Crippen molar-refractivity contribution in [1.82, 2.24) is 5.32 Å². The molecule has 1 N–H and O–H groups in total. The van der Waals surface area contributed by atoms with E-state index in [1.54, 1.807) is 0 Å². The quantitative estimate of drug-likeness (QED) is 0.766. The summed E-state index contributed by atoms with van der Waals surface area (Å²) in [5.74, 6) is 1.35. The van der Waals surface area contributed by atoms with Crippen LogP contribution in [0.5, 0.6) is 0 Å². The van der Waals surface area contributed by atoms with E-state index in [9.17, 15) is 4.79 Å². The van der Waals surface area contributed by atoms with Gasteiger partial charge >= 0.3 is 6.09 Å². The van der Waals surface area contributed by atoms with Crippen molar-refractivity contribution in [2.24, 2.45) is 17.3 Å². The molecule has 0 aromatic heterocycles. The summed E-state index contributed by atoms with van der Waals surface area (Å²) in [4.78, 5) is 11.2. The fraction of sp³-hybridized carbons (Fsp3) is 0.917. The summed E-state index contributed by atoms with van der Waals surface area (Å²) in [5.41, 5.74) is 0.169. The Kier molecular flexibility index (Phi) is 3.63. The Labute approximate surface area is 92.6 Å². The molecule has 1 aliphatic rings. The average molecular weight is 213 g/mol. The molecular formula is C12H23NO2. The van der Waals surface area contributed by atoms with Crippen LogP contribution in [0.15, 0.2) is 0 Å². The van der Waals surface area contributed by atoms with Crippen molar-refractivity contribution in [3.8, 4) is 0 Å². The zero-order chi connectivity index (χ0) is 11.6. The molecule has 0 heterocycles. The van der Waals surface area contributed by atoms with Gasteiger partial charge in [0.1, 0.15) is 0 Å². The number of nitrogens with one attached hydrogen (secondary N) is 1. The Morgan fingerprint density at radius 2 is 2.00 bits per heavy atom. The van der Waals surface area contributed by atoms with E-state index in [1.807, 2.05) is 0 Å². The van der Waals surface area contributed by atoms with Gasteiger partial charge in [-0.05, 0) is 30.1 Å². The van der Waals surface area contributed by atoms with Gasteiger partial charge in [-0.25, -0.2) is 4.79 Å². The molecule has 1 aliphatic carbocycles. The largest absolute Gasteiger partial charge is 0.453 e. The fourth-order valence-electron chi connectivity index (χ4n) is 3.00. The molecule has 0 aromatic rings. The summed E-state index contributed by atoms with van der Waals surface area (Å²) in [6, 6.07) is 0.248. The minimum Gasteiger partial charge on any atom is -0.453 e. The van der Waals surface area contributed by atoms with E-state index in [-0.39, 0.29) is 17.6 Å². The Morgan fingerprint density at radius 3 is 2.40 bits per heavy atom. The van der Waals surface area contributed by atoms with E-state index >= 15 is 0 Å². The second kappa shape index (κ2) is 4.42. The molecule has 0 radical (unpaired) electrons. The first-order valence-corrected chi connectivity index (χ1v) is 5.74. The average Bonchev–Trinajstić information content (AvgIpc) is 2.42. The van der Waals surface area contributed by atoms with Crippen molar-refractivity contribution in [2.75, 3.05) is 7.11 Å². The van der Waals surface area contributed by atoms with Gasteiger partial charge in [-0.2, -0.15) is 0 Å². The van der Waals surface area contributed by atoms with Crippen molar-refractivity contribution in [1.29, 1.82) is 0 Å². The normalized spacial score (nSPS) is 29.2. The molecule has 3 heteroatoms. The summed E-state index contributed by atoms with van der Waals surface area (Å²) in [7, 11) is 1.41. The summed E-state index contributed by atoms with van der Waals surface area (Å²) >= 11 is 0. The number of ether oxygens (including phenoxy) is 1.